The lowest BCUT2D eigenvalue weighted by molar-refractivity contribution is -0.380. The first-order valence-electron chi connectivity index (χ1n) is 5.07. The number of rotatable bonds is 8. The van der Waals surface area contributed by atoms with Gasteiger partial charge in [-0.3, -0.25) is 10.1 Å². The van der Waals surface area contributed by atoms with Crippen LogP contribution in [0.4, 0.5) is 10.1 Å². The van der Waals surface area contributed by atoms with Crippen molar-refractivity contribution in [2.24, 2.45) is 0 Å². The van der Waals surface area contributed by atoms with Gasteiger partial charge in [-0.1, -0.05) is 0 Å². The van der Waals surface area contributed by atoms with Crippen LogP contribution in [0.2, 0.25) is 0 Å². The highest BCUT2D eigenvalue weighted by Crippen LogP contribution is 2.24. The highest BCUT2D eigenvalue weighted by Gasteiger charge is 2.10. The third kappa shape index (κ3) is 4.54. The predicted molar refractivity (Wildman–Crippen MR) is 63.0 cm³/mol. The molecule has 1 aromatic heterocycles. The molecule has 0 radical (unpaired) electrons. The Morgan fingerprint density at radius 3 is 3.00 bits per heavy atom. The average Bonchev–Trinajstić information content (AvgIpc) is 2.72. The van der Waals surface area contributed by atoms with Crippen molar-refractivity contribution in [1.82, 2.24) is 4.98 Å². The monoisotopic (exact) mass is 245 g/mol. The van der Waals surface area contributed by atoms with Gasteiger partial charge in [0.15, 0.2) is 5.13 Å². The number of aromatic nitrogens is 1. The van der Waals surface area contributed by atoms with Gasteiger partial charge in [-0.2, -0.15) is 0 Å². The number of thiazole rings is 1. The molecule has 0 aliphatic carbocycles. The molecule has 0 saturated heterocycles. The zero-order chi connectivity index (χ0) is 11.8. The summed E-state index contributed by atoms with van der Waals surface area (Å²) in [6.45, 7) is 1.57. The van der Waals surface area contributed by atoms with Gasteiger partial charge < -0.3 is 10.1 Å². The number of hydrogen-bond donors (Lipinski definition) is 1. The first-order valence-corrected chi connectivity index (χ1v) is 5.88. The Morgan fingerprint density at radius 2 is 2.38 bits per heavy atom. The summed E-state index contributed by atoms with van der Waals surface area (Å²) in [6.07, 6.45) is 4.40. The molecule has 90 valence electrons. The van der Waals surface area contributed by atoms with Crippen molar-refractivity contribution in [3.05, 3.63) is 16.3 Å². The zero-order valence-electron chi connectivity index (χ0n) is 9.14. The van der Waals surface area contributed by atoms with Crippen LogP contribution in [0.5, 0.6) is 0 Å². The van der Waals surface area contributed by atoms with E-state index >= 15 is 0 Å². The van der Waals surface area contributed by atoms with Crippen LogP contribution in [0.1, 0.15) is 19.3 Å². The number of nitrogens with one attached hydrogen (secondary N) is 1. The molecule has 6 nitrogen and oxygen atoms in total. The van der Waals surface area contributed by atoms with Gasteiger partial charge >= 0.3 is 5.00 Å². The number of hydrogen-bond acceptors (Lipinski definition) is 6. The normalized spacial score (nSPS) is 10.3. The molecule has 0 spiro atoms. The first-order chi connectivity index (χ1) is 7.74. The highest BCUT2D eigenvalue weighted by molar-refractivity contribution is 7.18. The van der Waals surface area contributed by atoms with Gasteiger partial charge in [-0.05, 0) is 30.6 Å². The van der Waals surface area contributed by atoms with E-state index in [1.807, 2.05) is 0 Å². The van der Waals surface area contributed by atoms with Crippen molar-refractivity contribution in [3.63, 3.8) is 0 Å². The quantitative estimate of drug-likeness (QED) is 0.432. The number of unbranched alkanes of at least 4 members (excludes halogenated alkanes) is 2. The molecule has 7 heteroatoms. The summed E-state index contributed by atoms with van der Waals surface area (Å²) in [4.78, 5) is 13.9. The molecule has 1 heterocycles. The van der Waals surface area contributed by atoms with Crippen LogP contribution in [0.25, 0.3) is 0 Å². The third-order valence-corrected chi connectivity index (χ3v) is 2.88. The van der Waals surface area contributed by atoms with Gasteiger partial charge in [0.2, 0.25) is 0 Å². The molecule has 0 bridgehead atoms. The molecule has 1 rings (SSSR count). The number of ether oxygens (including phenoxy) is 1. The number of nitrogens with zero attached hydrogens (tertiary/aromatic N) is 2. The Hall–Kier alpha value is -1.21. The lowest BCUT2D eigenvalue weighted by Crippen LogP contribution is -2.01. The van der Waals surface area contributed by atoms with Gasteiger partial charge in [0.25, 0.3) is 0 Å². The largest absolute Gasteiger partial charge is 0.385 e. The SMILES string of the molecule is COCCCCCNc1ncc([N+](=O)[O-])s1. The number of methoxy groups -OCH3 is 1. The predicted octanol–water partition coefficient (Wildman–Crippen LogP) is 2.28. The number of nitro groups is 1. The summed E-state index contributed by atoms with van der Waals surface area (Å²) >= 11 is 1.06. The first kappa shape index (κ1) is 12.9. The van der Waals surface area contributed by atoms with Crippen molar-refractivity contribution in [2.45, 2.75) is 19.3 Å². The lowest BCUT2D eigenvalue weighted by Gasteiger charge is -2.01. The van der Waals surface area contributed by atoms with Gasteiger partial charge in [0.05, 0.1) is 4.92 Å². The second-order valence-electron chi connectivity index (χ2n) is 3.24. The molecule has 0 atom stereocenters. The minimum atomic E-state index is -0.429. The standard InChI is InChI=1S/C9H15N3O3S/c1-15-6-4-2-3-5-10-9-11-7-8(16-9)12(13)14/h7H,2-6H2,1H3,(H,10,11). The van der Waals surface area contributed by atoms with Crippen LogP contribution in [0.3, 0.4) is 0 Å². The van der Waals surface area contributed by atoms with E-state index in [2.05, 4.69) is 10.3 Å². The highest BCUT2D eigenvalue weighted by atomic mass is 32.1. The summed E-state index contributed by atoms with van der Waals surface area (Å²) in [5.41, 5.74) is 0. The van der Waals surface area contributed by atoms with E-state index in [0.29, 0.717) is 5.13 Å². The van der Waals surface area contributed by atoms with Crippen LogP contribution in [-0.2, 0) is 4.74 Å². The molecule has 1 aromatic rings. The fourth-order valence-electron chi connectivity index (χ4n) is 1.18. The van der Waals surface area contributed by atoms with E-state index in [0.717, 1.165) is 43.8 Å². The molecule has 16 heavy (non-hydrogen) atoms. The zero-order valence-corrected chi connectivity index (χ0v) is 9.96. The molecule has 0 amide bonds. The third-order valence-electron chi connectivity index (χ3n) is 1.97. The maximum atomic E-state index is 10.4. The number of anilines is 1. The van der Waals surface area contributed by atoms with Crippen molar-refractivity contribution < 1.29 is 9.66 Å². The van der Waals surface area contributed by atoms with Crippen LogP contribution in [-0.4, -0.2) is 30.2 Å². The molecule has 0 fully saturated rings. The molecular weight excluding hydrogens is 230 g/mol. The summed E-state index contributed by atoms with van der Waals surface area (Å²) < 4.78 is 4.93. The Balaban J connectivity index is 2.14. The van der Waals surface area contributed by atoms with Crippen LogP contribution < -0.4 is 5.32 Å². The molecular formula is C9H15N3O3S. The topological polar surface area (TPSA) is 77.3 Å². The average molecular weight is 245 g/mol. The van der Waals surface area contributed by atoms with Crippen LogP contribution >= 0.6 is 11.3 Å². The second-order valence-corrected chi connectivity index (χ2v) is 4.25. The molecule has 0 unspecified atom stereocenters. The summed E-state index contributed by atoms with van der Waals surface area (Å²) in [5.74, 6) is 0. The summed E-state index contributed by atoms with van der Waals surface area (Å²) in [5, 5.41) is 14.1. The van der Waals surface area contributed by atoms with Crippen molar-refractivity contribution in [2.75, 3.05) is 25.6 Å². The molecule has 0 aliphatic heterocycles. The van der Waals surface area contributed by atoms with E-state index < -0.39 is 4.92 Å². The van der Waals surface area contributed by atoms with E-state index in [1.54, 1.807) is 7.11 Å². The van der Waals surface area contributed by atoms with Crippen molar-refractivity contribution >= 4 is 21.5 Å². The van der Waals surface area contributed by atoms with Gasteiger partial charge in [0, 0.05) is 20.3 Å². The Bertz CT molecular complexity index is 330. The minimum Gasteiger partial charge on any atom is -0.385 e. The second kappa shape index (κ2) is 7.13. The Morgan fingerprint density at radius 1 is 1.56 bits per heavy atom. The fourth-order valence-corrected chi connectivity index (χ4v) is 1.83. The Kier molecular flexibility index (Phi) is 5.73. The molecule has 0 saturated carbocycles. The Labute approximate surface area is 97.8 Å². The summed E-state index contributed by atoms with van der Waals surface area (Å²) in [7, 11) is 1.69. The van der Waals surface area contributed by atoms with Crippen LogP contribution in [0, 0.1) is 10.1 Å². The maximum Gasteiger partial charge on any atom is 0.345 e. The van der Waals surface area contributed by atoms with Gasteiger partial charge in [-0.15, -0.1) is 0 Å². The maximum absolute atomic E-state index is 10.4. The van der Waals surface area contributed by atoms with E-state index in [-0.39, 0.29) is 5.00 Å². The fraction of sp³-hybridized carbons (Fsp3) is 0.667. The lowest BCUT2D eigenvalue weighted by atomic mass is 10.2. The van der Waals surface area contributed by atoms with Crippen molar-refractivity contribution in [3.8, 4) is 0 Å². The minimum absolute atomic E-state index is 0.0712. The molecule has 0 aliphatic rings. The molecule has 1 N–H and O–H groups in total. The van der Waals surface area contributed by atoms with Crippen molar-refractivity contribution in [1.29, 1.82) is 0 Å². The van der Waals surface area contributed by atoms with Gasteiger partial charge in [-0.25, -0.2) is 4.98 Å². The smallest absolute Gasteiger partial charge is 0.345 e. The molecule has 0 aromatic carbocycles. The summed E-state index contributed by atoms with van der Waals surface area (Å²) in [6, 6.07) is 0. The van der Waals surface area contributed by atoms with E-state index in [4.69, 9.17) is 4.74 Å². The van der Waals surface area contributed by atoms with Gasteiger partial charge in [0.1, 0.15) is 6.20 Å². The van der Waals surface area contributed by atoms with E-state index in [9.17, 15) is 10.1 Å². The van der Waals surface area contributed by atoms with Crippen LogP contribution in [0.15, 0.2) is 6.20 Å². The van der Waals surface area contributed by atoms with E-state index in [1.165, 1.54) is 6.20 Å².